The highest BCUT2D eigenvalue weighted by molar-refractivity contribution is 7.89. The molecule has 5 rings (SSSR count). The van der Waals surface area contributed by atoms with Gasteiger partial charge < -0.3 is 9.47 Å². The standard InChI is InChI=1S/C20H23N3O4S/c1-14-21-12-15-6-8-20(19(15)22-14)7-3-9-23(13-20)28(24,25)17-5-2-4-16-18(17)27-11-10-26-16/h2,4-5,12H,3,6-11,13H2,1H3. The van der Waals surface area contributed by atoms with Gasteiger partial charge in [-0.3, -0.25) is 0 Å². The maximum Gasteiger partial charge on any atom is 0.246 e. The molecule has 3 aliphatic rings. The highest BCUT2D eigenvalue weighted by Crippen LogP contribution is 2.46. The van der Waals surface area contributed by atoms with Crippen molar-refractivity contribution in [2.45, 2.75) is 42.9 Å². The molecular weight excluding hydrogens is 378 g/mol. The monoisotopic (exact) mass is 401 g/mol. The number of para-hydroxylation sites is 1. The number of benzene rings is 1. The van der Waals surface area contributed by atoms with Crippen molar-refractivity contribution in [3.63, 3.8) is 0 Å². The molecule has 1 spiro atoms. The van der Waals surface area contributed by atoms with Crippen molar-refractivity contribution in [3.05, 3.63) is 41.5 Å². The predicted octanol–water partition coefficient (Wildman–Crippen LogP) is 2.22. The predicted molar refractivity (Wildman–Crippen MR) is 102 cm³/mol. The van der Waals surface area contributed by atoms with Crippen molar-refractivity contribution >= 4 is 10.0 Å². The Morgan fingerprint density at radius 2 is 2.04 bits per heavy atom. The van der Waals surface area contributed by atoms with Crippen LogP contribution in [0.15, 0.2) is 29.3 Å². The van der Waals surface area contributed by atoms with E-state index in [0.717, 1.165) is 42.8 Å². The molecule has 1 aromatic carbocycles. The van der Waals surface area contributed by atoms with Crippen LogP contribution in [0.4, 0.5) is 0 Å². The van der Waals surface area contributed by atoms with E-state index in [9.17, 15) is 8.42 Å². The van der Waals surface area contributed by atoms with Gasteiger partial charge in [-0.2, -0.15) is 4.31 Å². The average Bonchev–Trinajstić information content (AvgIpc) is 3.04. The lowest BCUT2D eigenvalue weighted by Gasteiger charge is -2.40. The van der Waals surface area contributed by atoms with E-state index in [4.69, 9.17) is 14.5 Å². The van der Waals surface area contributed by atoms with Crippen LogP contribution >= 0.6 is 0 Å². The first-order valence-electron chi connectivity index (χ1n) is 9.71. The number of piperidine rings is 1. The second-order valence-electron chi connectivity index (χ2n) is 7.79. The van der Waals surface area contributed by atoms with Gasteiger partial charge in [0, 0.05) is 24.7 Å². The van der Waals surface area contributed by atoms with Gasteiger partial charge in [0.05, 0.1) is 5.69 Å². The molecule has 0 bridgehead atoms. The van der Waals surface area contributed by atoms with Gasteiger partial charge in [-0.05, 0) is 50.3 Å². The van der Waals surface area contributed by atoms with Crippen molar-refractivity contribution in [2.24, 2.45) is 0 Å². The zero-order chi connectivity index (χ0) is 19.4. The molecule has 1 unspecified atom stereocenters. The van der Waals surface area contributed by atoms with Gasteiger partial charge in [-0.25, -0.2) is 18.4 Å². The molecule has 7 nitrogen and oxygen atoms in total. The Balaban J connectivity index is 1.52. The number of ether oxygens (including phenoxy) is 2. The lowest BCUT2D eigenvalue weighted by Crippen LogP contribution is -2.48. The third kappa shape index (κ3) is 2.69. The molecule has 2 aromatic rings. The van der Waals surface area contributed by atoms with E-state index in [-0.39, 0.29) is 10.3 Å². The summed E-state index contributed by atoms with van der Waals surface area (Å²) in [4.78, 5) is 9.23. The molecule has 2 aliphatic heterocycles. The maximum absolute atomic E-state index is 13.5. The Kier molecular flexibility index (Phi) is 4.10. The fourth-order valence-corrected chi connectivity index (χ4v) is 6.42. The first kappa shape index (κ1) is 17.9. The van der Waals surface area contributed by atoms with Crippen molar-refractivity contribution in [1.29, 1.82) is 0 Å². The molecule has 1 saturated heterocycles. The van der Waals surface area contributed by atoms with E-state index in [0.29, 0.717) is 37.8 Å². The van der Waals surface area contributed by atoms with Crippen LogP contribution < -0.4 is 9.47 Å². The normalized spacial score (nSPS) is 24.3. The number of rotatable bonds is 2. The van der Waals surface area contributed by atoms with E-state index in [1.165, 1.54) is 0 Å². The van der Waals surface area contributed by atoms with Crippen molar-refractivity contribution in [3.8, 4) is 11.5 Å². The topological polar surface area (TPSA) is 81.6 Å². The van der Waals surface area contributed by atoms with Crippen LogP contribution in [0.3, 0.4) is 0 Å². The molecule has 1 aliphatic carbocycles. The molecule has 0 N–H and O–H groups in total. The van der Waals surface area contributed by atoms with E-state index in [2.05, 4.69) is 4.98 Å². The van der Waals surface area contributed by atoms with Crippen LogP contribution in [-0.2, 0) is 21.9 Å². The summed E-state index contributed by atoms with van der Waals surface area (Å²) >= 11 is 0. The molecule has 0 amide bonds. The van der Waals surface area contributed by atoms with Crippen molar-refractivity contribution in [1.82, 2.24) is 14.3 Å². The Hall–Kier alpha value is -2.19. The summed E-state index contributed by atoms with van der Waals surface area (Å²) in [5, 5.41) is 0. The number of nitrogens with zero attached hydrogens (tertiary/aromatic N) is 3. The first-order chi connectivity index (χ1) is 13.5. The van der Waals surface area contributed by atoms with Crippen molar-refractivity contribution < 1.29 is 17.9 Å². The highest BCUT2D eigenvalue weighted by atomic mass is 32.2. The minimum atomic E-state index is -3.69. The van der Waals surface area contributed by atoms with Gasteiger partial charge in [-0.1, -0.05) is 6.07 Å². The zero-order valence-corrected chi connectivity index (χ0v) is 16.7. The van der Waals surface area contributed by atoms with Gasteiger partial charge in [0.25, 0.3) is 0 Å². The highest BCUT2D eigenvalue weighted by Gasteiger charge is 2.47. The summed E-state index contributed by atoms with van der Waals surface area (Å²) in [5.74, 6) is 1.56. The Morgan fingerprint density at radius 1 is 1.18 bits per heavy atom. The van der Waals surface area contributed by atoms with E-state index in [1.807, 2.05) is 13.1 Å². The number of hydrogen-bond acceptors (Lipinski definition) is 6. The number of aromatic nitrogens is 2. The fourth-order valence-electron chi connectivity index (χ4n) is 4.71. The molecule has 0 radical (unpaired) electrons. The third-order valence-electron chi connectivity index (χ3n) is 6.05. The molecule has 28 heavy (non-hydrogen) atoms. The molecule has 8 heteroatoms. The number of hydrogen-bond donors (Lipinski definition) is 0. The van der Waals surface area contributed by atoms with Crippen LogP contribution in [0, 0.1) is 6.92 Å². The second-order valence-corrected chi connectivity index (χ2v) is 9.70. The Bertz CT molecular complexity index is 1040. The second kappa shape index (κ2) is 6.42. The number of sulfonamides is 1. The van der Waals surface area contributed by atoms with Gasteiger partial charge in [0.2, 0.25) is 10.0 Å². The SMILES string of the molecule is Cc1ncc2c(n1)C1(CCCN(S(=O)(=O)c3cccc4c3OCCO4)C1)CC2. The first-order valence-corrected chi connectivity index (χ1v) is 11.2. The molecule has 1 fully saturated rings. The number of fused-ring (bicyclic) bond motifs is 3. The zero-order valence-electron chi connectivity index (χ0n) is 15.8. The van der Waals surface area contributed by atoms with Crippen LogP contribution in [0.2, 0.25) is 0 Å². The summed E-state index contributed by atoms with van der Waals surface area (Å²) in [5.41, 5.74) is 1.97. The van der Waals surface area contributed by atoms with Crippen LogP contribution in [0.5, 0.6) is 11.5 Å². The third-order valence-corrected chi connectivity index (χ3v) is 7.92. The molecule has 1 atom stereocenters. The van der Waals surface area contributed by atoms with Gasteiger partial charge in [-0.15, -0.1) is 0 Å². The van der Waals surface area contributed by atoms with Crippen LogP contribution in [0.1, 0.15) is 36.3 Å². The summed E-state index contributed by atoms with van der Waals surface area (Å²) in [7, 11) is -3.69. The van der Waals surface area contributed by atoms with Crippen LogP contribution in [-0.4, -0.2) is 49.0 Å². The lowest BCUT2D eigenvalue weighted by molar-refractivity contribution is 0.166. The van der Waals surface area contributed by atoms with Gasteiger partial charge in [0.15, 0.2) is 11.5 Å². The summed E-state index contributed by atoms with van der Waals surface area (Å²) in [6, 6.07) is 5.07. The fraction of sp³-hybridized carbons (Fsp3) is 0.500. The average molecular weight is 401 g/mol. The molecule has 3 heterocycles. The summed E-state index contributed by atoms with van der Waals surface area (Å²) in [6.45, 7) is 3.63. The summed E-state index contributed by atoms with van der Waals surface area (Å²) < 4.78 is 39.9. The van der Waals surface area contributed by atoms with E-state index >= 15 is 0 Å². The number of aryl methyl sites for hydroxylation is 2. The molecular formula is C20H23N3O4S. The van der Waals surface area contributed by atoms with Crippen molar-refractivity contribution in [2.75, 3.05) is 26.3 Å². The lowest BCUT2D eigenvalue weighted by atomic mass is 9.78. The summed E-state index contributed by atoms with van der Waals surface area (Å²) in [6.07, 6.45) is 5.49. The van der Waals surface area contributed by atoms with Gasteiger partial charge >= 0.3 is 0 Å². The van der Waals surface area contributed by atoms with E-state index < -0.39 is 10.0 Å². The molecule has 1 aromatic heterocycles. The quantitative estimate of drug-likeness (QED) is 0.768. The smallest absolute Gasteiger partial charge is 0.246 e. The minimum absolute atomic E-state index is 0.193. The van der Waals surface area contributed by atoms with Gasteiger partial charge in [0.1, 0.15) is 23.9 Å². The largest absolute Gasteiger partial charge is 0.486 e. The molecule has 0 saturated carbocycles. The maximum atomic E-state index is 13.5. The Labute approximate surface area is 164 Å². The molecule has 148 valence electrons. The van der Waals surface area contributed by atoms with E-state index in [1.54, 1.807) is 22.5 Å². The minimum Gasteiger partial charge on any atom is -0.486 e. The Morgan fingerprint density at radius 3 is 2.93 bits per heavy atom. The van der Waals surface area contributed by atoms with Crippen LogP contribution in [0.25, 0.3) is 0 Å².